The molecule has 2 rings (SSSR count). The number of methoxy groups -OCH3 is 1. The van der Waals surface area contributed by atoms with Gasteiger partial charge in [0.15, 0.2) is 0 Å². The van der Waals surface area contributed by atoms with Crippen molar-refractivity contribution < 1.29 is 4.74 Å². The van der Waals surface area contributed by atoms with Gasteiger partial charge >= 0.3 is 0 Å². The van der Waals surface area contributed by atoms with E-state index in [1.807, 2.05) is 0 Å². The Bertz CT molecular complexity index is 333. The first-order valence-corrected chi connectivity index (χ1v) is 7.47. The molecule has 0 radical (unpaired) electrons. The summed E-state index contributed by atoms with van der Waals surface area (Å²) in [6, 6.07) is 8.68. The van der Waals surface area contributed by atoms with E-state index in [0.29, 0.717) is 0 Å². The smallest absolute Gasteiger partial charge is 0.118 e. The van der Waals surface area contributed by atoms with E-state index in [9.17, 15) is 0 Å². The van der Waals surface area contributed by atoms with Crippen molar-refractivity contribution in [3.05, 3.63) is 29.8 Å². The number of hydrogen-bond acceptors (Lipinski definition) is 1. The van der Waals surface area contributed by atoms with E-state index in [1.54, 1.807) is 7.11 Å². The Morgan fingerprint density at radius 3 is 2.28 bits per heavy atom. The van der Waals surface area contributed by atoms with E-state index >= 15 is 0 Å². The molecule has 18 heavy (non-hydrogen) atoms. The Morgan fingerprint density at radius 2 is 1.72 bits per heavy atom. The highest BCUT2D eigenvalue weighted by Crippen LogP contribution is 2.37. The van der Waals surface area contributed by atoms with Crippen molar-refractivity contribution >= 4 is 0 Å². The molecule has 0 aromatic heterocycles. The predicted molar refractivity (Wildman–Crippen MR) is 77.2 cm³/mol. The number of ether oxygens (including phenoxy) is 1. The van der Waals surface area contributed by atoms with Crippen LogP contribution in [0, 0.1) is 5.92 Å². The molecule has 100 valence electrons. The van der Waals surface area contributed by atoms with Gasteiger partial charge < -0.3 is 4.74 Å². The van der Waals surface area contributed by atoms with E-state index in [2.05, 4.69) is 31.2 Å². The lowest BCUT2D eigenvalue weighted by Crippen LogP contribution is -2.13. The molecule has 1 fully saturated rings. The van der Waals surface area contributed by atoms with Gasteiger partial charge in [-0.3, -0.25) is 0 Å². The molecule has 0 aliphatic heterocycles. The summed E-state index contributed by atoms with van der Waals surface area (Å²) in [4.78, 5) is 0. The normalized spacial score (nSPS) is 23.9. The summed E-state index contributed by atoms with van der Waals surface area (Å²) in [6.07, 6.45) is 9.82. The van der Waals surface area contributed by atoms with Crippen LogP contribution in [0.3, 0.4) is 0 Å². The minimum absolute atomic E-state index is 0.786. The fraction of sp³-hybridized carbons (Fsp3) is 0.647. The summed E-state index contributed by atoms with van der Waals surface area (Å²) in [5.41, 5.74) is 1.50. The summed E-state index contributed by atoms with van der Waals surface area (Å²) in [6.45, 7) is 2.29. The lowest BCUT2D eigenvalue weighted by molar-refractivity contribution is 0.304. The second-order valence-corrected chi connectivity index (χ2v) is 5.63. The molecule has 1 aromatic carbocycles. The molecular formula is C17H26O. The summed E-state index contributed by atoms with van der Waals surface area (Å²) >= 11 is 0. The van der Waals surface area contributed by atoms with Gasteiger partial charge in [0.1, 0.15) is 5.75 Å². The Morgan fingerprint density at radius 1 is 1.06 bits per heavy atom. The Hall–Kier alpha value is -0.980. The minimum atomic E-state index is 0.786. The van der Waals surface area contributed by atoms with Crippen LogP contribution in [0.2, 0.25) is 0 Å². The van der Waals surface area contributed by atoms with E-state index in [0.717, 1.165) is 17.6 Å². The molecule has 0 amide bonds. The third-order valence-corrected chi connectivity index (χ3v) is 4.40. The number of hydrogen-bond donors (Lipinski definition) is 0. The molecule has 0 heterocycles. The fourth-order valence-electron chi connectivity index (χ4n) is 3.15. The molecular weight excluding hydrogens is 220 g/mol. The second kappa shape index (κ2) is 6.82. The van der Waals surface area contributed by atoms with Crippen LogP contribution in [0.25, 0.3) is 0 Å². The SMILES string of the molecule is CCCCC1CCC(c2ccc(OC)cc2)CC1. The zero-order chi connectivity index (χ0) is 12.8. The van der Waals surface area contributed by atoms with Crippen molar-refractivity contribution in [3.63, 3.8) is 0 Å². The summed E-state index contributed by atoms with van der Waals surface area (Å²) in [5.74, 6) is 2.75. The molecule has 1 aliphatic rings. The van der Waals surface area contributed by atoms with Crippen molar-refractivity contribution in [2.45, 2.75) is 57.8 Å². The van der Waals surface area contributed by atoms with Crippen molar-refractivity contribution in [2.75, 3.05) is 7.11 Å². The first-order chi connectivity index (χ1) is 8.83. The Kier molecular flexibility index (Phi) is 5.10. The van der Waals surface area contributed by atoms with Crippen molar-refractivity contribution in [2.24, 2.45) is 5.92 Å². The molecule has 1 nitrogen and oxygen atoms in total. The fourth-order valence-corrected chi connectivity index (χ4v) is 3.15. The third kappa shape index (κ3) is 3.51. The largest absolute Gasteiger partial charge is 0.497 e. The van der Waals surface area contributed by atoms with Crippen LogP contribution in [-0.2, 0) is 0 Å². The first kappa shape index (κ1) is 13.5. The Balaban J connectivity index is 1.84. The van der Waals surface area contributed by atoms with Gasteiger partial charge in [-0.2, -0.15) is 0 Å². The zero-order valence-electron chi connectivity index (χ0n) is 11.8. The molecule has 0 unspecified atom stereocenters. The summed E-state index contributed by atoms with van der Waals surface area (Å²) in [7, 11) is 1.73. The highest BCUT2D eigenvalue weighted by Gasteiger charge is 2.21. The first-order valence-electron chi connectivity index (χ1n) is 7.47. The zero-order valence-corrected chi connectivity index (χ0v) is 11.8. The van der Waals surface area contributed by atoms with Crippen LogP contribution in [0.1, 0.15) is 63.4 Å². The van der Waals surface area contributed by atoms with Crippen LogP contribution in [0.5, 0.6) is 5.75 Å². The van der Waals surface area contributed by atoms with Crippen LogP contribution in [-0.4, -0.2) is 7.11 Å². The van der Waals surface area contributed by atoms with Crippen molar-refractivity contribution in [1.29, 1.82) is 0 Å². The van der Waals surface area contributed by atoms with Crippen molar-refractivity contribution in [3.8, 4) is 5.75 Å². The molecule has 0 saturated heterocycles. The molecule has 1 aliphatic carbocycles. The number of benzene rings is 1. The number of unbranched alkanes of at least 4 members (excludes halogenated alkanes) is 1. The van der Waals surface area contributed by atoms with Crippen LogP contribution in [0.4, 0.5) is 0 Å². The van der Waals surface area contributed by atoms with Gasteiger partial charge in [0, 0.05) is 0 Å². The average Bonchev–Trinajstić information content (AvgIpc) is 2.46. The van der Waals surface area contributed by atoms with Gasteiger partial charge in [-0.1, -0.05) is 38.3 Å². The Labute approximate surface area is 112 Å². The molecule has 0 spiro atoms. The van der Waals surface area contributed by atoms with Crippen molar-refractivity contribution in [1.82, 2.24) is 0 Å². The van der Waals surface area contributed by atoms with Gasteiger partial charge in [-0.15, -0.1) is 0 Å². The van der Waals surface area contributed by atoms with Crippen LogP contribution >= 0.6 is 0 Å². The quantitative estimate of drug-likeness (QED) is 0.697. The highest BCUT2D eigenvalue weighted by molar-refractivity contribution is 5.29. The summed E-state index contributed by atoms with van der Waals surface area (Å²) < 4.78 is 5.22. The molecule has 1 aromatic rings. The van der Waals surface area contributed by atoms with E-state index in [4.69, 9.17) is 4.74 Å². The van der Waals surface area contributed by atoms with E-state index in [1.165, 1.54) is 50.5 Å². The van der Waals surface area contributed by atoms with Gasteiger partial charge in [0.2, 0.25) is 0 Å². The number of rotatable bonds is 5. The maximum Gasteiger partial charge on any atom is 0.118 e. The van der Waals surface area contributed by atoms with E-state index < -0.39 is 0 Å². The lowest BCUT2D eigenvalue weighted by atomic mass is 9.77. The van der Waals surface area contributed by atoms with E-state index in [-0.39, 0.29) is 0 Å². The van der Waals surface area contributed by atoms with Crippen LogP contribution < -0.4 is 4.74 Å². The minimum Gasteiger partial charge on any atom is -0.497 e. The standard InChI is InChI=1S/C17H26O/c1-3-4-5-14-6-8-15(9-7-14)16-10-12-17(18-2)13-11-16/h10-15H,3-9H2,1-2H3. The maximum atomic E-state index is 5.22. The lowest BCUT2D eigenvalue weighted by Gasteiger charge is -2.28. The molecule has 0 atom stereocenters. The average molecular weight is 246 g/mol. The second-order valence-electron chi connectivity index (χ2n) is 5.63. The topological polar surface area (TPSA) is 9.23 Å². The molecule has 1 saturated carbocycles. The van der Waals surface area contributed by atoms with Gasteiger partial charge in [0.05, 0.1) is 7.11 Å². The third-order valence-electron chi connectivity index (χ3n) is 4.40. The summed E-state index contributed by atoms with van der Waals surface area (Å²) in [5, 5.41) is 0. The highest BCUT2D eigenvalue weighted by atomic mass is 16.5. The predicted octanol–water partition coefficient (Wildman–Crippen LogP) is 5.16. The maximum absolute atomic E-state index is 5.22. The van der Waals surface area contributed by atoms with Gasteiger partial charge in [-0.25, -0.2) is 0 Å². The monoisotopic (exact) mass is 246 g/mol. The van der Waals surface area contributed by atoms with Gasteiger partial charge in [-0.05, 0) is 55.2 Å². The van der Waals surface area contributed by atoms with Crippen LogP contribution in [0.15, 0.2) is 24.3 Å². The molecule has 1 heteroatoms. The molecule has 0 N–H and O–H groups in total. The van der Waals surface area contributed by atoms with Gasteiger partial charge in [0.25, 0.3) is 0 Å². The molecule has 0 bridgehead atoms.